The molecule has 0 aliphatic rings. The molecule has 0 radical (unpaired) electrons. The number of aryl methyl sites for hydroxylation is 2. The monoisotopic (exact) mass is 501 g/mol. The lowest BCUT2D eigenvalue weighted by Crippen LogP contribution is -2.02. The van der Waals surface area contributed by atoms with Crippen LogP contribution in [0.1, 0.15) is 22.8 Å². The second-order valence-corrected chi connectivity index (χ2v) is 9.17. The van der Waals surface area contributed by atoms with Gasteiger partial charge in [-0.2, -0.15) is 10.5 Å². The van der Waals surface area contributed by atoms with E-state index in [0.717, 1.165) is 38.5 Å². The summed E-state index contributed by atoms with van der Waals surface area (Å²) in [6.07, 6.45) is 0. The van der Waals surface area contributed by atoms with Crippen LogP contribution in [0, 0.1) is 43.1 Å². The van der Waals surface area contributed by atoms with Gasteiger partial charge >= 0.3 is 0 Å². The van der Waals surface area contributed by atoms with E-state index in [1.165, 1.54) is 0 Å². The van der Waals surface area contributed by atoms with E-state index in [9.17, 15) is 10.5 Å². The first kappa shape index (κ1) is 23.6. The topological polar surface area (TPSA) is 95.5 Å². The van der Waals surface area contributed by atoms with Gasteiger partial charge in [-0.15, -0.1) is 0 Å². The molecular weight excluding hydrogens is 482 g/mol. The Kier molecular flexibility index (Phi) is 5.57. The van der Waals surface area contributed by atoms with Crippen molar-refractivity contribution in [2.75, 3.05) is 0 Å². The van der Waals surface area contributed by atoms with Crippen molar-refractivity contribution >= 4 is 27.5 Å². The molecule has 182 valence electrons. The molecular formula is C32H19N7. The predicted molar refractivity (Wildman–Crippen MR) is 150 cm³/mol. The van der Waals surface area contributed by atoms with Gasteiger partial charge in [0.1, 0.15) is 17.7 Å². The van der Waals surface area contributed by atoms with Crippen LogP contribution in [-0.2, 0) is 0 Å². The molecule has 0 aliphatic heterocycles. The highest BCUT2D eigenvalue weighted by Crippen LogP contribution is 2.37. The fourth-order valence-electron chi connectivity index (χ4n) is 5.01. The summed E-state index contributed by atoms with van der Waals surface area (Å²) in [7, 11) is 0. The van der Waals surface area contributed by atoms with E-state index in [1.54, 1.807) is 24.3 Å². The summed E-state index contributed by atoms with van der Waals surface area (Å²) in [5, 5.41) is 21.7. The molecule has 39 heavy (non-hydrogen) atoms. The zero-order chi connectivity index (χ0) is 27.1. The van der Waals surface area contributed by atoms with E-state index in [-0.39, 0.29) is 0 Å². The third-order valence-electron chi connectivity index (χ3n) is 6.66. The highest BCUT2D eigenvalue weighted by atomic mass is 15.0. The van der Waals surface area contributed by atoms with Gasteiger partial charge in [-0.1, -0.05) is 30.3 Å². The summed E-state index contributed by atoms with van der Waals surface area (Å²) in [6, 6.07) is 29.4. The van der Waals surface area contributed by atoms with Gasteiger partial charge in [-0.25, -0.2) is 19.8 Å². The van der Waals surface area contributed by atoms with Crippen molar-refractivity contribution in [2.24, 2.45) is 0 Å². The van der Waals surface area contributed by atoms with E-state index < -0.39 is 0 Å². The number of aromatic nitrogens is 4. The number of hydrogen-bond acceptors (Lipinski definition) is 5. The Bertz CT molecular complexity index is 2030. The molecule has 0 aliphatic carbocycles. The predicted octanol–water partition coefficient (Wildman–Crippen LogP) is 7.21. The maximum atomic E-state index is 10.1. The molecule has 0 N–H and O–H groups in total. The molecule has 0 amide bonds. The van der Waals surface area contributed by atoms with Gasteiger partial charge in [0.15, 0.2) is 11.5 Å². The molecule has 6 aromatic rings. The van der Waals surface area contributed by atoms with Crippen molar-refractivity contribution in [3.63, 3.8) is 0 Å². The molecule has 7 nitrogen and oxygen atoms in total. The summed E-state index contributed by atoms with van der Waals surface area (Å²) < 4.78 is 2.08. The molecule has 0 unspecified atom stereocenters. The average Bonchev–Trinajstić information content (AvgIpc) is 3.29. The molecule has 0 spiro atoms. The summed E-state index contributed by atoms with van der Waals surface area (Å²) >= 11 is 0. The van der Waals surface area contributed by atoms with Crippen LogP contribution in [0.4, 0.5) is 5.69 Å². The van der Waals surface area contributed by atoms with Crippen LogP contribution in [0.3, 0.4) is 0 Å². The Morgan fingerprint density at radius 3 is 2.21 bits per heavy atom. The molecule has 6 rings (SSSR count). The normalized spacial score (nSPS) is 10.7. The molecule has 0 saturated heterocycles. The Morgan fingerprint density at radius 1 is 0.718 bits per heavy atom. The highest BCUT2D eigenvalue weighted by Gasteiger charge is 2.17. The van der Waals surface area contributed by atoms with Crippen LogP contribution in [0.25, 0.3) is 54.9 Å². The fraction of sp³-hybridized carbons (Fsp3) is 0.0625. The molecule has 4 aromatic carbocycles. The third kappa shape index (κ3) is 4.03. The Balaban J connectivity index is 1.66. The van der Waals surface area contributed by atoms with Crippen molar-refractivity contribution in [1.82, 2.24) is 19.5 Å². The number of benzene rings is 4. The Labute approximate surface area is 224 Å². The molecule has 0 atom stereocenters. The minimum Gasteiger partial charge on any atom is -0.308 e. The van der Waals surface area contributed by atoms with Crippen molar-refractivity contribution < 1.29 is 0 Å². The van der Waals surface area contributed by atoms with Crippen LogP contribution < -0.4 is 0 Å². The molecule has 0 bridgehead atoms. The number of fused-ring (bicyclic) bond motifs is 3. The zero-order valence-corrected chi connectivity index (χ0v) is 21.1. The highest BCUT2D eigenvalue weighted by molar-refractivity contribution is 6.10. The smallest absolute Gasteiger partial charge is 0.189 e. The van der Waals surface area contributed by atoms with E-state index in [1.807, 2.05) is 56.3 Å². The summed E-state index contributed by atoms with van der Waals surface area (Å²) in [5.41, 5.74) is 6.34. The number of hydrogen-bond donors (Lipinski definition) is 0. The minimum absolute atomic E-state index is 0.409. The lowest BCUT2D eigenvalue weighted by molar-refractivity contribution is 0.928. The first-order valence-corrected chi connectivity index (χ1v) is 12.2. The number of rotatable bonds is 3. The van der Waals surface area contributed by atoms with Crippen LogP contribution in [0.15, 0.2) is 78.9 Å². The molecule has 0 fully saturated rings. The molecule has 7 heteroatoms. The maximum Gasteiger partial charge on any atom is 0.189 e. The van der Waals surface area contributed by atoms with Crippen LogP contribution in [0.5, 0.6) is 0 Å². The van der Waals surface area contributed by atoms with Gasteiger partial charge < -0.3 is 4.57 Å². The quantitative estimate of drug-likeness (QED) is 0.239. The Hall–Kier alpha value is -5.84. The molecule has 0 saturated carbocycles. The van der Waals surface area contributed by atoms with Crippen molar-refractivity contribution in [3.8, 4) is 40.3 Å². The van der Waals surface area contributed by atoms with E-state index in [2.05, 4.69) is 48.6 Å². The minimum atomic E-state index is 0.409. The van der Waals surface area contributed by atoms with Gasteiger partial charge in [0.2, 0.25) is 0 Å². The molecule has 2 heterocycles. The van der Waals surface area contributed by atoms with Crippen LogP contribution >= 0.6 is 0 Å². The SMILES string of the molecule is [C-]#[N+]c1cc(C#N)cc(-c2ccc3c4ccccc4n(-c4cc(-c5nc(C)nc(C)n5)ccc4C#N)c3c2)c1. The standard InChI is InChI=1S/C32H19N7/c1-19-36-20(2)38-32(37-19)23-8-9-24(18-34)30(16-23)39-29-7-5-4-6-27(29)28-11-10-22(15-31(28)39)25-12-21(17-33)13-26(14-25)35-3/h4-16H,1-2H3. The Morgan fingerprint density at radius 2 is 1.46 bits per heavy atom. The third-order valence-corrected chi connectivity index (χ3v) is 6.66. The van der Waals surface area contributed by atoms with Crippen LogP contribution in [0.2, 0.25) is 0 Å². The maximum absolute atomic E-state index is 10.1. The summed E-state index contributed by atoms with van der Waals surface area (Å²) in [4.78, 5) is 16.9. The van der Waals surface area contributed by atoms with E-state index >= 15 is 0 Å². The van der Waals surface area contributed by atoms with Gasteiger partial charge in [0.25, 0.3) is 0 Å². The zero-order valence-electron chi connectivity index (χ0n) is 21.1. The molecule has 2 aromatic heterocycles. The van der Waals surface area contributed by atoms with Gasteiger partial charge in [-0.3, -0.25) is 0 Å². The first-order chi connectivity index (χ1) is 19.0. The van der Waals surface area contributed by atoms with Gasteiger partial charge in [-0.05, 0) is 73.5 Å². The van der Waals surface area contributed by atoms with Crippen molar-refractivity contribution in [1.29, 1.82) is 10.5 Å². The van der Waals surface area contributed by atoms with Gasteiger partial charge in [0, 0.05) is 21.9 Å². The first-order valence-electron chi connectivity index (χ1n) is 12.2. The number of nitrogens with zero attached hydrogens (tertiary/aromatic N) is 7. The van der Waals surface area contributed by atoms with Crippen LogP contribution in [-0.4, -0.2) is 19.5 Å². The lowest BCUT2D eigenvalue weighted by Gasteiger charge is -2.13. The summed E-state index contributed by atoms with van der Waals surface area (Å²) in [5.74, 6) is 1.80. The fourth-order valence-corrected chi connectivity index (χ4v) is 5.01. The largest absolute Gasteiger partial charge is 0.308 e. The second kappa shape index (κ2) is 9.23. The summed E-state index contributed by atoms with van der Waals surface area (Å²) in [6.45, 7) is 11.1. The second-order valence-electron chi connectivity index (χ2n) is 9.17. The van der Waals surface area contributed by atoms with E-state index in [4.69, 9.17) is 6.57 Å². The number of nitriles is 2. The van der Waals surface area contributed by atoms with E-state index in [0.29, 0.717) is 40.0 Å². The van der Waals surface area contributed by atoms with Gasteiger partial charge in [0.05, 0.1) is 34.9 Å². The lowest BCUT2D eigenvalue weighted by atomic mass is 10.0. The number of para-hydroxylation sites is 1. The van der Waals surface area contributed by atoms with Crippen molar-refractivity contribution in [3.05, 3.63) is 113 Å². The average molecular weight is 502 g/mol. The van der Waals surface area contributed by atoms with Crippen molar-refractivity contribution in [2.45, 2.75) is 13.8 Å².